The van der Waals surface area contributed by atoms with E-state index in [1.807, 2.05) is 6.92 Å². The molecule has 0 aliphatic heterocycles. The van der Waals surface area contributed by atoms with Crippen LogP contribution in [0.1, 0.15) is 43.7 Å². The van der Waals surface area contributed by atoms with Crippen molar-refractivity contribution < 1.29 is 4.74 Å². The standard InChI is InChI=1S/C16H20Cl2N2O/c1-5-11-8-7-9-12(6-2)13(11)16-19-14(10(3)21-4)15(17)20(16)18/h7-10H,5-6H2,1-4H3. The molecule has 0 N–H and O–H groups in total. The third-order valence-electron chi connectivity index (χ3n) is 3.76. The average Bonchev–Trinajstić information content (AvgIpc) is 2.81. The zero-order valence-electron chi connectivity index (χ0n) is 12.8. The SMILES string of the molecule is CCc1cccc(CC)c1-c1nc(C(C)OC)c(Cl)n1Cl. The van der Waals surface area contributed by atoms with Gasteiger partial charge in [-0.15, -0.1) is 0 Å². The van der Waals surface area contributed by atoms with E-state index < -0.39 is 0 Å². The number of methoxy groups -OCH3 is 1. The first kappa shape index (κ1) is 16.3. The van der Waals surface area contributed by atoms with Gasteiger partial charge in [0.05, 0.1) is 6.10 Å². The average molecular weight is 327 g/mol. The number of benzene rings is 1. The van der Waals surface area contributed by atoms with E-state index in [9.17, 15) is 0 Å². The normalized spacial score (nSPS) is 12.7. The fraction of sp³-hybridized carbons (Fsp3) is 0.438. The number of ether oxygens (including phenoxy) is 1. The van der Waals surface area contributed by atoms with Crippen LogP contribution in [0.25, 0.3) is 11.4 Å². The van der Waals surface area contributed by atoms with Crippen molar-refractivity contribution in [2.24, 2.45) is 0 Å². The number of hydrogen-bond donors (Lipinski definition) is 0. The van der Waals surface area contributed by atoms with Gasteiger partial charge in [0.2, 0.25) is 0 Å². The van der Waals surface area contributed by atoms with Gasteiger partial charge < -0.3 is 4.74 Å². The van der Waals surface area contributed by atoms with Crippen molar-refractivity contribution in [1.82, 2.24) is 9.07 Å². The van der Waals surface area contributed by atoms with Gasteiger partial charge in [-0.1, -0.05) is 43.6 Å². The van der Waals surface area contributed by atoms with E-state index in [0.717, 1.165) is 18.4 Å². The minimum atomic E-state index is -0.199. The van der Waals surface area contributed by atoms with Crippen molar-refractivity contribution in [3.63, 3.8) is 0 Å². The van der Waals surface area contributed by atoms with Crippen molar-refractivity contribution in [3.05, 3.63) is 40.2 Å². The summed E-state index contributed by atoms with van der Waals surface area (Å²) in [4.78, 5) is 4.64. The molecule has 2 aromatic rings. The largest absolute Gasteiger partial charge is 0.375 e. The summed E-state index contributed by atoms with van der Waals surface area (Å²) in [6.07, 6.45) is 1.63. The Kier molecular flexibility index (Phi) is 5.31. The smallest absolute Gasteiger partial charge is 0.157 e. The summed E-state index contributed by atoms with van der Waals surface area (Å²) in [5.74, 6) is 0.690. The van der Waals surface area contributed by atoms with Crippen LogP contribution in [0.5, 0.6) is 0 Å². The Morgan fingerprint density at radius 2 is 1.81 bits per heavy atom. The molecule has 1 aromatic carbocycles. The molecule has 0 spiro atoms. The molecule has 0 radical (unpaired) electrons. The molecule has 1 atom stereocenters. The van der Waals surface area contributed by atoms with Crippen molar-refractivity contribution in [1.29, 1.82) is 0 Å². The molecule has 1 aromatic heterocycles. The van der Waals surface area contributed by atoms with Crippen LogP contribution in [0, 0.1) is 0 Å². The summed E-state index contributed by atoms with van der Waals surface area (Å²) in [5, 5.41) is 0.411. The molecule has 0 saturated carbocycles. The van der Waals surface area contributed by atoms with Gasteiger partial charge in [0.25, 0.3) is 0 Å². The molecule has 0 saturated heterocycles. The van der Waals surface area contributed by atoms with E-state index in [1.54, 1.807) is 7.11 Å². The van der Waals surface area contributed by atoms with Gasteiger partial charge in [0.15, 0.2) is 5.82 Å². The van der Waals surface area contributed by atoms with Gasteiger partial charge in [-0.3, -0.25) is 0 Å². The highest BCUT2D eigenvalue weighted by Crippen LogP contribution is 2.35. The summed E-state index contributed by atoms with van der Waals surface area (Å²) in [5.41, 5.74) is 4.18. The maximum absolute atomic E-state index is 6.37. The summed E-state index contributed by atoms with van der Waals surface area (Å²) >= 11 is 12.7. The highest BCUT2D eigenvalue weighted by Gasteiger charge is 2.22. The molecule has 114 valence electrons. The van der Waals surface area contributed by atoms with Crippen LogP contribution < -0.4 is 0 Å². The van der Waals surface area contributed by atoms with Crippen LogP contribution >= 0.6 is 23.4 Å². The Hall–Kier alpha value is -1.03. The lowest BCUT2D eigenvalue weighted by Crippen LogP contribution is -1.99. The maximum Gasteiger partial charge on any atom is 0.157 e. The Bertz CT molecular complexity index is 615. The third-order valence-corrected chi connectivity index (χ3v) is 4.54. The highest BCUT2D eigenvalue weighted by molar-refractivity contribution is 6.34. The second kappa shape index (κ2) is 6.82. The van der Waals surface area contributed by atoms with Crippen molar-refractivity contribution in [2.45, 2.75) is 39.7 Å². The van der Waals surface area contributed by atoms with E-state index in [0.29, 0.717) is 16.7 Å². The number of aromatic nitrogens is 2. The number of aryl methyl sites for hydroxylation is 2. The van der Waals surface area contributed by atoms with E-state index in [-0.39, 0.29) is 6.10 Å². The van der Waals surface area contributed by atoms with Crippen LogP contribution in [-0.2, 0) is 17.6 Å². The lowest BCUT2D eigenvalue weighted by Gasteiger charge is -2.12. The molecular weight excluding hydrogens is 307 g/mol. The van der Waals surface area contributed by atoms with Crippen LogP contribution in [0.2, 0.25) is 5.15 Å². The zero-order valence-corrected chi connectivity index (χ0v) is 14.3. The van der Waals surface area contributed by atoms with Crippen LogP contribution in [0.3, 0.4) is 0 Å². The Morgan fingerprint density at radius 1 is 1.24 bits per heavy atom. The highest BCUT2D eigenvalue weighted by atomic mass is 35.5. The second-order valence-electron chi connectivity index (χ2n) is 4.93. The third kappa shape index (κ3) is 2.96. The number of halogens is 2. The van der Waals surface area contributed by atoms with Crippen molar-refractivity contribution in [2.75, 3.05) is 7.11 Å². The Balaban J connectivity index is 2.68. The molecule has 0 aliphatic rings. The van der Waals surface area contributed by atoms with E-state index in [1.165, 1.54) is 15.2 Å². The topological polar surface area (TPSA) is 27.1 Å². The fourth-order valence-corrected chi connectivity index (χ4v) is 2.94. The van der Waals surface area contributed by atoms with Gasteiger partial charge in [0, 0.05) is 24.4 Å². The van der Waals surface area contributed by atoms with Crippen LogP contribution in [0.15, 0.2) is 18.2 Å². The summed E-state index contributed by atoms with van der Waals surface area (Å²) in [7, 11) is 1.63. The van der Waals surface area contributed by atoms with E-state index in [4.69, 9.17) is 28.1 Å². The van der Waals surface area contributed by atoms with Crippen LogP contribution in [-0.4, -0.2) is 16.2 Å². The number of hydrogen-bond acceptors (Lipinski definition) is 2. The molecule has 1 unspecified atom stereocenters. The summed E-state index contributed by atoms with van der Waals surface area (Å²) in [6, 6.07) is 6.28. The zero-order chi connectivity index (χ0) is 15.6. The Morgan fingerprint density at radius 3 is 2.29 bits per heavy atom. The quantitative estimate of drug-likeness (QED) is 0.769. The monoisotopic (exact) mass is 326 g/mol. The summed E-state index contributed by atoms with van der Waals surface area (Å²) in [6.45, 7) is 6.15. The number of rotatable bonds is 5. The number of imidazole rings is 1. The number of nitrogens with zero attached hydrogens (tertiary/aromatic N) is 2. The minimum Gasteiger partial charge on any atom is -0.375 e. The molecular formula is C16H20Cl2N2O. The molecule has 0 aliphatic carbocycles. The molecule has 1 heterocycles. The van der Waals surface area contributed by atoms with Crippen LogP contribution in [0.4, 0.5) is 0 Å². The van der Waals surface area contributed by atoms with Gasteiger partial charge in [-0.05, 0) is 30.9 Å². The molecule has 0 bridgehead atoms. The first-order valence-electron chi connectivity index (χ1n) is 7.13. The summed E-state index contributed by atoms with van der Waals surface area (Å²) < 4.78 is 6.75. The fourth-order valence-electron chi connectivity index (χ4n) is 2.45. The lowest BCUT2D eigenvalue weighted by atomic mass is 9.97. The first-order chi connectivity index (χ1) is 10.0. The van der Waals surface area contributed by atoms with E-state index >= 15 is 0 Å². The molecule has 5 heteroatoms. The Labute approximate surface area is 136 Å². The molecule has 21 heavy (non-hydrogen) atoms. The van der Waals surface area contributed by atoms with Crippen molar-refractivity contribution in [3.8, 4) is 11.4 Å². The minimum absolute atomic E-state index is 0.199. The molecule has 0 amide bonds. The maximum atomic E-state index is 6.37. The van der Waals surface area contributed by atoms with Gasteiger partial charge in [-0.2, -0.15) is 0 Å². The van der Waals surface area contributed by atoms with Gasteiger partial charge in [-0.25, -0.2) is 9.07 Å². The van der Waals surface area contributed by atoms with E-state index in [2.05, 4.69) is 37.0 Å². The van der Waals surface area contributed by atoms with Gasteiger partial charge >= 0.3 is 0 Å². The molecule has 3 nitrogen and oxygen atoms in total. The molecule has 2 rings (SSSR count). The second-order valence-corrected chi connectivity index (χ2v) is 5.62. The lowest BCUT2D eigenvalue weighted by molar-refractivity contribution is 0.116. The van der Waals surface area contributed by atoms with Crippen molar-refractivity contribution >= 4 is 23.4 Å². The van der Waals surface area contributed by atoms with Gasteiger partial charge in [0.1, 0.15) is 10.8 Å². The predicted octanol–water partition coefficient (Wildman–Crippen LogP) is 5.04. The first-order valence-corrected chi connectivity index (χ1v) is 7.84. The predicted molar refractivity (Wildman–Crippen MR) is 88.1 cm³/mol. The molecule has 0 fully saturated rings.